The second-order valence-corrected chi connectivity index (χ2v) is 9.21. The van der Waals surface area contributed by atoms with Gasteiger partial charge in [0.25, 0.3) is 0 Å². The highest BCUT2D eigenvalue weighted by Gasteiger charge is 2.16. The van der Waals surface area contributed by atoms with Gasteiger partial charge >= 0.3 is 0 Å². The number of fused-ring (bicyclic) bond motifs is 1. The Morgan fingerprint density at radius 3 is 2.36 bits per heavy atom. The molecule has 0 saturated carbocycles. The number of hydrogen-bond donors (Lipinski definition) is 0. The third kappa shape index (κ3) is 5.35. The van der Waals surface area contributed by atoms with Crippen molar-refractivity contribution in [1.29, 1.82) is 5.26 Å². The summed E-state index contributed by atoms with van der Waals surface area (Å²) >= 11 is 0. The lowest BCUT2D eigenvalue weighted by Gasteiger charge is -2.22. The van der Waals surface area contributed by atoms with Crippen LogP contribution in [0.4, 0.5) is 0 Å². The fourth-order valence-electron chi connectivity index (χ4n) is 4.41. The molecule has 0 unspecified atom stereocenters. The zero-order valence-electron chi connectivity index (χ0n) is 20.7. The van der Waals surface area contributed by atoms with E-state index >= 15 is 0 Å². The van der Waals surface area contributed by atoms with Crippen LogP contribution in [0.25, 0.3) is 11.0 Å². The number of aryl methyl sites for hydroxylation is 2. The van der Waals surface area contributed by atoms with Crippen molar-refractivity contribution in [3.8, 4) is 6.07 Å². The lowest BCUT2D eigenvalue weighted by atomic mass is 10.1. The second kappa shape index (κ2) is 10.5. The van der Waals surface area contributed by atoms with Crippen LogP contribution in [-0.4, -0.2) is 35.8 Å². The summed E-state index contributed by atoms with van der Waals surface area (Å²) in [5.74, 6) is 1.93. The number of nitriles is 1. The molecule has 0 aliphatic heterocycles. The van der Waals surface area contributed by atoms with E-state index in [1.165, 1.54) is 11.1 Å². The molecular weight excluding hydrogens is 446 g/mol. The molecule has 2 heterocycles. The monoisotopic (exact) mass is 475 g/mol. The van der Waals surface area contributed by atoms with E-state index in [1.54, 1.807) is 6.33 Å². The average molecular weight is 476 g/mol. The maximum absolute atomic E-state index is 9.07. The van der Waals surface area contributed by atoms with E-state index in [9.17, 15) is 0 Å². The summed E-state index contributed by atoms with van der Waals surface area (Å²) in [4.78, 5) is 7.30. The van der Waals surface area contributed by atoms with Gasteiger partial charge in [0.15, 0.2) is 0 Å². The molecule has 0 bridgehead atoms. The van der Waals surface area contributed by atoms with Gasteiger partial charge in [0.1, 0.15) is 18.0 Å². The van der Waals surface area contributed by atoms with Gasteiger partial charge in [-0.2, -0.15) is 5.26 Å². The topological polar surface area (TPSA) is 75.6 Å². The van der Waals surface area contributed by atoms with Crippen LogP contribution in [-0.2, 0) is 33.1 Å². The van der Waals surface area contributed by atoms with Crippen molar-refractivity contribution in [3.63, 3.8) is 0 Å². The normalized spacial score (nSPS) is 11.3. The van der Waals surface area contributed by atoms with E-state index in [0.717, 1.165) is 41.2 Å². The van der Waals surface area contributed by atoms with Gasteiger partial charge in [0.05, 0.1) is 42.3 Å². The van der Waals surface area contributed by atoms with Gasteiger partial charge in [-0.05, 0) is 48.7 Å². The molecule has 0 aliphatic rings. The van der Waals surface area contributed by atoms with Crippen LogP contribution in [0.3, 0.4) is 0 Å². The van der Waals surface area contributed by atoms with Crippen LogP contribution in [0.2, 0.25) is 0 Å². The fraction of sp³-hybridized carbons (Fsp3) is 0.241. The van der Waals surface area contributed by atoms with Crippen LogP contribution < -0.4 is 0 Å². The minimum atomic E-state index is 0.658. The Bertz CT molecular complexity index is 1490. The molecule has 180 valence electrons. The highest BCUT2D eigenvalue weighted by Crippen LogP contribution is 2.17. The molecule has 7 heteroatoms. The van der Waals surface area contributed by atoms with Gasteiger partial charge in [-0.15, -0.1) is 10.2 Å². The molecule has 7 nitrogen and oxygen atoms in total. The maximum Gasteiger partial charge on any atom is 0.147 e. The van der Waals surface area contributed by atoms with Crippen molar-refractivity contribution in [2.24, 2.45) is 7.05 Å². The number of benzene rings is 3. The lowest BCUT2D eigenvalue weighted by Crippen LogP contribution is -2.28. The first kappa shape index (κ1) is 23.5. The van der Waals surface area contributed by atoms with Crippen molar-refractivity contribution in [2.75, 3.05) is 6.54 Å². The summed E-state index contributed by atoms with van der Waals surface area (Å²) in [6.45, 7) is 5.01. The van der Waals surface area contributed by atoms with Crippen molar-refractivity contribution in [2.45, 2.75) is 33.0 Å². The van der Waals surface area contributed by atoms with Gasteiger partial charge < -0.3 is 9.13 Å². The van der Waals surface area contributed by atoms with Crippen molar-refractivity contribution in [1.82, 2.24) is 29.2 Å². The molecule has 0 aliphatic carbocycles. The summed E-state index contributed by atoms with van der Waals surface area (Å²) < 4.78 is 4.25. The van der Waals surface area contributed by atoms with Gasteiger partial charge in [-0.1, -0.05) is 54.1 Å². The van der Waals surface area contributed by atoms with E-state index < -0.39 is 0 Å². The number of aromatic nitrogens is 5. The van der Waals surface area contributed by atoms with Crippen LogP contribution in [0.1, 0.15) is 33.9 Å². The van der Waals surface area contributed by atoms with E-state index in [0.29, 0.717) is 25.2 Å². The Kier molecular flexibility index (Phi) is 6.87. The third-order valence-electron chi connectivity index (χ3n) is 6.58. The highest BCUT2D eigenvalue weighted by molar-refractivity contribution is 5.75. The summed E-state index contributed by atoms with van der Waals surface area (Å²) in [5.41, 5.74) is 6.50. The minimum absolute atomic E-state index is 0.658. The maximum atomic E-state index is 9.07. The predicted molar refractivity (Wildman–Crippen MR) is 140 cm³/mol. The molecule has 0 N–H and O–H groups in total. The Morgan fingerprint density at radius 1 is 0.889 bits per heavy atom. The first-order valence-corrected chi connectivity index (χ1v) is 12.1. The molecule has 5 aromatic rings. The van der Waals surface area contributed by atoms with Crippen LogP contribution >= 0.6 is 0 Å². The Hall–Kier alpha value is -4.28. The van der Waals surface area contributed by atoms with Gasteiger partial charge in [-0.3, -0.25) is 4.90 Å². The highest BCUT2D eigenvalue weighted by atomic mass is 15.3. The molecule has 2 aromatic heterocycles. The van der Waals surface area contributed by atoms with Crippen molar-refractivity contribution >= 4 is 11.0 Å². The predicted octanol–water partition coefficient (Wildman–Crippen LogP) is 4.64. The molecule has 0 saturated heterocycles. The number of hydrogen-bond acceptors (Lipinski definition) is 5. The van der Waals surface area contributed by atoms with E-state index in [-0.39, 0.29) is 0 Å². The first-order valence-electron chi connectivity index (χ1n) is 12.1. The molecule has 36 heavy (non-hydrogen) atoms. The zero-order valence-corrected chi connectivity index (χ0v) is 20.7. The fourth-order valence-corrected chi connectivity index (χ4v) is 4.41. The van der Waals surface area contributed by atoms with Gasteiger partial charge in [-0.25, -0.2) is 4.98 Å². The largest absolute Gasteiger partial charge is 0.330 e. The van der Waals surface area contributed by atoms with Crippen LogP contribution in [0.5, 0.6) is 0 Å². The first-order chi connectivity index (χ1) is 17.6. The quantitative estimate of drug-likeness (QED) is 0.311. The molecule has 5 rings (SSSR count). The van der Waals surface area contributed by atoms with E-state index in [1.807, 2.05) is 30.3 Å². The number of nitrogens with zero attached hydrogens (tertiary/aromatic N) is 7. The minimum Gasteiger partial charge on any atom is -0.330 e. The number of imidazole rings is 1. The molecule has 3 aromatic carbocycles. The molecule has 0 spiro atoms. The van der Waals surface area contributed by atoms with E-state index in [4.69, 9.17) is 10.2 Å². The molecule has 0 radical (unpaired) electrons. The van der Waals surface area contributed by atoms with Crippen molar-refractivity contribution < 1.29 is 0 Å². The average Bonchev–Trinajstić information content (AvgIpc) is 3.47. The summed E-state index contributed by atoms with van der Waals surface area (Å²) in [6, 6.07) is 26.8. The van der Waals surface area contributed by atoms with Gasteiger partial charge in [0, 0.05) is 13.6 Å². The van der Waals surface area contributed by atoms with E-state index in [2.05, 4.69) is 86.7 Å². The lowest BCUT2D eigenvalue weighted by molar-refractivity contribution is 0.242. The molecule has 0 amide bonds. The molecular formula is C29H29N7. The summed E-state index contributed by atoms with van der Waals surface area (Å²) in [7, 11) is 2.08. The number of para-hydroxylation sites is 2. The smallest absolute Gasteiger partial charge is 0.147 e. The Balaban J connectivity index is 1.37. The standard InChI is InChI=1S/C29H29N7/c1-22-7-9-23(10-8-22)15-16-35(19-28-32-26-5-3-4-6-27(26)34(28)2)20-29-33-31-21-36(29)18-25-13-11-24(17-30)12-14-25/h3-14,21H,15-16,18-20H2,1-2H3. The van der Waals surface area contributed by atoms with Crippen molar-refractivity contribution in [3.05, 3.63) is 113 Å². The third-order valence-corrected chi connectivity index (χ3v) is 6.58. The zero-order chi connectivity index (χ0) is 24.9. The second-order valence-electron chi connectivity index (χ2n) is 9.21. The molecule has 0 fully saturated rings. The van der Waals surface area contributed by atoms with Crippen LogP contribution in [0, 0.1) is 18.3 Å². The molecule has 0 atom stereocenters. The number of rotatable bonds is 9. The van der Waals surface area contributed by atoms with Gasteiger partial charge in [0.2, 0.25) is 0 Å². The summed E-state index contributed by atoms with van der Waals surface area (Å²) in [5, 5.41) is 17.7. The Morgan fingerprint density at radius 2 is 1.61 bits per heavy atom. The Labute approximate surface area is 211 Å². The SMILES string of the molecule is Cc1ccc(CCN(Cc2nncn2Cc2ccc(C#N)cc2)Cc2nc3ccccc3n2C)cc1. The summed E-state index contributed by atoms with van der Waals surface area (Å²) in [6.07, 6.45) is 2.72. The van der Waals surface area contributed by atoms with Crippen LogP contribution in [0.15, 0.2) is 79.1 Å².